The number of rotatable bonds is 7. The Morgan fingerprint density at radius 1 is 0.929 bits per heavy atom. The van der Waals surface area contributed by atoms with Crippen LogP contribution < -0.4 is 24.0 Å². The number of carbonyl (C=O) groups is 3. The predicted molar refractivity (Wildman–Crippen MR) is 156 cm³/mol. The van der Waals surface area contributed by atoms with Crippen molar-refractivity contribution in [1.29, 1.82) is 0 Å². The van der Waals surface area contributed by atoms with Gasteiger partial charge in [0.15, 0.2) is 11.5 Å². The summed E-state index contributed by atoms with van der Waals surface area (Å²) in [6.07, 6.45) is 0. The van der Waals surface area contributed by atoms with Crippen LogP contribution >= 0.6 is 23.1 Å². The highest BCUT2D eigenvalue weighted by atomic mass is 32.2. The van der Waals surface area contributed by atoms with E-state index in [4.69, 9.17) is 18.9 Å². The molecule has 11 nitrogen and oxygen atoms in total. The first kappa shape index (κ1) is 28.3. The first-order valence-electron chi connectivity index (χ1n) is 13.4. The molecule has 3 amide bonds. The van der Waals surface area contributed by atoms with Gasteiger partial charge in [-0.3, -0.25) is 23.7 Å². The molecule has 0 N–H and O–H groups in total. The molecule has 4 heterocycles. The van der Waals surface area contributed by atoms with E-state index >= 15 is 0 Å². The van der Waals surface area contributed by atoms with Gasteiger partial charge in [-0.2, -0.15) is 0 Å². The van der Waals surface area contributed by atoms with Gasteiger partial charge in [0.25, 0.3) is 0 Å². The number of amides is 3. The van der Waals surface area contributed by atoms with E-state index in [1.165, 1.54) is 35.4 Å². The number of morpholine rings is 1. The number of nitrogens with zero attached hydrogens (tertiary/aromatic N) is 3. The lowest BCUT2D eigenvalue weighted by atomic mass is 9.83. The summed E-state index contributed by atoms with van der Waals surface area (Å²) in [5.74, 6) is -0.752. The van der Waals surface area contributed by atoms with Crippen molar-refractivity contribution in [3.63, 3.8) is 0 Å². The molecule has 0 saturated carbocycles. The molecule has 1 aromatic heterocycles. The highest BCUT2D eigenvalue weighted by Crippen LogP contribution is 2.54. The molecule has 3 atom stereocenters. The zero-order chi connectivity index (χ0) is 29.5. The van der Waals surface area contributed by atoms with Crippen LogP contribution in [-0.4, -0.2) is 80.1 Å². The molecule has 0 spiro atoms. The molecule has 0 aliphatic carbocycles. The van der Waals surface area contributed by atoms with Crippen LogP contribution in [0.3, 0.4) is 0 Å². The van der Waals surface area contributed by atoms with Crippen molar-refractivity contribution in [2.45, 2.75) is 22.7 Å². The normalized spacial score (nSPS) is 21.6. The minimum absolute atomic E-state index is 0.155. The Morgan fingerprint density at radius 2 is 1.64 bits per heavy atom. The zero-order valence-electron chi connectivity index (χ0n) is 23.2. The summed E-state index contributed by atoms with van der Waals surface area (Å²) in [5.41, 5.74) is 1.14. The predicted octanol–water partition coefficient (Wildman–Crippen LogP) is 2.59. The van der Waals surface area contributed by atoms with Gasteiger partial charge in [-0.25, -0.2) is 4.90 Å². The van der Waals surface area contributed by atoms with Crippen LogP contribution in [0.2, 0.25) is 0 Å². The van der Waals surface area contributed by atoms with E-state index in [0.717, 1.165) is 11.3 Å². The topological polar surface area (TPSA) is 117 Å². The molecule has 42 heavy (non-hydrogen) atoms. The van der Waals surface area contributed by atoms with Crippen molar-refractivity contribution in [2.24, 2.45) is 5.92 Å². The molecular formula is C29H29N3O8S2. The Balaban J connectivity index is 1.45. The summed E-state index contributed by atoms with van der Waals surface area (Å²) in [6.45, 7) is 1.64. The van der Waals surface area contributed by atoms with E-state index < -0.39 is 17.1 Å². The molecule has 0 bridgehead atoms. The molecule has 3 aliphatic heterocycles. The summed E-state index contributed by atoms with van der Waals surface area (Å²) < 4.78 is 23.0. The molecule has 3 aliphatic rings. The van der Waals surface area contributed by atoms with Gasteiger partial charge in [-0.15, -0.1) is 0 Å². The fourth-order valence-corrected chi connectivity index (χ4v) is 8.47. The van der Waals surface area contributed by atoms with Crippen LogP contribution in [0.25, 0.3) is 0 Å². The van der Waals surface area contributed by atoms with Gasteiger partial charge >= 0.3 is 4.87 Å². The molecule has 2 aromatic carbocycles. The Morgan fingerprint density at radius 3 is 2.31 bits per heavy atom. The molecule has 6 rings (SSSR count). The van der Waals surface area contributed by atoms with Gasteiger partial charge in [-0.05, 0) is 42.0 Å². The molecule has 13 heteroatoms. The third-order valence-electron chi connectivity index (χ3n) is 7.80. The summed E-state index contributed by atoms with van der Waals surface area (Å²) in [6, 6.07) is 12.1. The lowest BCUT2D eigenvalue weighted by molar-refractivity contribution is -0.136. The Kier molecular flexibility index (Phi) is 7.73. The van der Waals surface area contributed by atoms with Gasteiger partial charge in [0.2, 0.25) is 17.7 Å². The number of thioether (sulfide) groups is 1. The first-order valence-corrected chi connectivity index (χ1v) is 15.0. The second-order valence-electron chi connectivity index (χ2n) is 9.98. The van der Waals surface area contributed by atoms with Crippen molar-refractivity contribution >= 4 is 46.5 Å². The smallest absolute Gasteiger partial charge is 0.308 e. The van der Waals surface area contributed by atoms with Gasteiger partial charge in [0, 0.05) is 23.9 Å². The molecule has 2 saturated heterocycles. The molecule has 3 aromatic rings. The minimum atomic E-state index is -0.802. The average molecular weight is 612 g/mol. The number of fused-ring (bicyclic) bond motifs is 2. The molecule has 2 fully saturated rings. The minimum Gasteiger partial charge on any atom is -0.497 e. The maximum atomic E-state index is 14.1. The maximum Gasteiger partial charge on any atom is 0.308 e. The zero-order valence-corrected chi connectivity index (χ0v) is 24.9. The quantitative estimate of drug-likeness (QED) is 0.372. The highest BCUT2D eigenvalue weighted by Gasteiger charge is 2.57. The standard InChI is InChI=1S/C29H29N3O8S2/c1-37-18-7-5-17(6-8-18)32-26(34)23-22(16-4-9-19(38-2)20(14-16)39-3)25-28(41-24(23)27(32)35)31(29(36)42-25)15-21(33)30-10-12-40-13-11-30/h4-9,14,22-24H,10-13,15H2,1-3H3/t22-,23?,24?/m1/s1. The van der Waals surface area contributed by atoms with Crippen LogP contribution in [0.15, 0.2) is 52.3 Å². The van der Waals surface area contributed by atoms with Crippen molar-refractivity contribution in [1.82, 2.24) is 9.47 Å². The van der Waals surface area contributed by atoms with E-state index in [-0.39, 0.29) is 29.1 Å². The second kappa shape index (κ2) is 11.5. The Bertz CT molecular complexity index is 1600. The fourth-order valence-electron chi connectivity index (χ4n) is 5.69. The van der Waals surface area contributed by atoms with Crippen molar-refractivity contribution in [3.8, 4) is 17.2 Å². The number of aromatic nitrogens is 1. The van der Waals surface area contributed by atoms with E-state index in [9.17, 15) is 19.2 Å². The fraction of sp³-hybridized carbons (Fsp3) is 0.379. The number of methoxy groups -OCH3 is 3. The monoisotopic (exact) mass is 611 g/mol. The summed E-state index contributed by atoms with van der Waals surface area (Å²) in [5, 5.41) is -0.269. The molecular weight excluding hydrogens is 582 g/mol. The van der Waals surface area contributed by atoms with Crippen LogP contribution in [0.1, 0.15) is 16.4 Å². The molecule has 0 radical (unpaired) electrons. The van der Waals surface area contributed by atoms with Crippen molar-refractivity contribution in [2.75, 3.05) is 52.5 Å². The summed E-state index contributed by atoms with van der Waals surface area (Å²) in [7, 11) is 4.60. The van der Waals surface area contributed by atoms with Crippen molar-refractivity contribution in [3.05, 3.63) is 62.6 Å². The summed E-state index contributed by atoms with van der Waals surface area (Å²) >= 11 is 2.19. The number of ether oxygens (including phenoxy) is 4. The molecule has 2 unspecified atom stereocenters. The third-order valence-corrected chi connectivity index (χ3v) is 10.4. The Labute approximate surface area is 249 Å². The van der Waals surface area contributed by atoms with Gasteiger partial charge < -0.3 is 23.8 Å². The maximum absolute atomic E-state index is 14.1. The lowest BCUT2D eigenvalue weighted by Crippen LogP contribution is -2.43. The molecule has 220 valence electrons. The van der Waals surface area contributed by atoms with Gasteiger partial charge in [0.1, 0.15) is 17.5 Å². The van der Waals surface area contributed by atoms with Crippen LogP contribution in [0.5, 0.6) is 17.2 Å². The Hall–Kier alpha value is -3.81. The van der Waals surface area contributed by atoms with Crippen LogP contribution in [0, 0.1) is 5.92 Å². The number of imide groups is 1. The first-order chi connectivity index (χ1) is 20.4. The van der Waals surface area contributed by atoms with E-state index in [1.54, 1.807) is 48.4 Å². The van der Waals surface area contributed by atoms with Gasteiger partial charge in [-0.1, -0.05) is 29.2 Å². The number of carbonyl (C=O) groups excluding carboxylic acids is 3. The highest BCUT2D eigenvalue weighted by molar-refractivity contribution is 8.00. The van der Waals surface area contributed by atoms with Crippen molar-refractivity contribution < 1.29 is 33.3 Å². The van der Waals surface area contributed by atoms with Gasteiger partial charge in [0.05, 0.1) is 51.2 Å². The number of anilines is 1. The number of hydrogen-bond donors (Lipinski definition) is 0. The average Bonchev–Trinajstić information content (AvgIpc) is 3.47. The third kappa shape index (κ3) is 4.74. The number of benzene rings is 2. The van der Waals surface area contributed by atoms with Crippen LogP contribution in [0.4, 0.5) is 5.69 Å². The largest absolute Gasteiger partial charge is 0.497 e. The van der Waals surface area contributed by atoms with Crippen LogP contribution in [-0.2, 0) is 25.7 Å². The second-order valence-corrected chi connectivity index (χ2v) is 12.1. The SMILES string of the molecule is COc1ccc(N2C(=O)C3Sc4c(sc(=O)n4CC(=O)N4CCOCC4)[C@H](c4ccc(OC)c(OC)c4)C3C2=O)cc1. The van der Waals surface area contributed by atoms with E-state index in [0.29, 0.717) is 64.7 Å². The summed E-state index contributed by atoms with van der Waals surface area (Å²) in [4.78, 5) is 57.8. The number of hydrogen-bond acceptors (Lipinski definition) is 10. The lowest BCUT2D eigenvalue weighted by Gasteiger charge is -2.31. The van der Waals surface area contributed by atoms with E-state index in [1.807, 2.05) is 6.07 Å². The van der Waals surface area contributed by atoms with E-state index in [2.05, 4.69) is 0 Å². The number of thiazole rings is 1.